The van der Waals surface area contributed by atoms with Crippen LogP contribution in [0.5, 0.6) is 0 Å². The predicted molar refractivity (Wildman–Crippen MR) is 85.2 cm³/mol. The van der Waals surface area contributed by atoms with Crippen molar-refractivity contribution in [1.82, 2.24) is 19.6 Å². The van der Waals surface area contributed by atoms with Gasteiger partial charge in [-0.25, -0.2) is 13.4 Å². The van der Waals surface area contributed by atoms with Gasteiger partial charge in [-0.2, -0.15) is 4.31 Å². The molecule has 23 heavy (non-hydrogen) atoms. The molecule has 0 amide bonds. The maximum absolute atomic E-state index is 12.5. The Morgan fingerprint density at radius 2 is 1.91 bits per heavy atom. The first-order valence-electron chi connectivity index (χ1n) is 7.52. The number of aromatic nitrogens is 2. The minimum Gasteiger partial charge on any atom is -0.379 e. The Kier molecular flexibility index (Phi) is 5.06. The van der Waals surface area contributed by atoms with Crippen LogP contribution in [-0.2, 0) is 27.8 Å². The number of sulfonamides is 1. The third-order valence-corrected chi connectivity index (χ3v) is 5.62. The smallest absolute Gasteiger partial charge is 0.243 e. The highest BCUT2D eigenvalue weighted by Gasteiger charge is 2.25. The van der Waals surface area contributed by atoms with E-state index in [1.54, 1.807) is 24.5 Å². The van der Waals surface area contributed by atoms with E-state index in [2.05, 4.69) is 15.3 Å². The summed E-state index contributed by atoms with van der Waals surface area (Å²) in [6.07, 6.45) is 3.49. The van der Waals surface area contributed by atoms with Gasteiger partial charge in [-0.1, -0.05) is 12.1 Å². The Balaban J connectivity index is 1.59. The van der Waals surface area contributed by atoms with Gasteiger partial charge < -0.3 is 15.0 Å². The molecule has 0 radical (unpaired) electrons. The van der Waals surface area contributed by atoms with Crippen molar-refractivity contribution in [3.05, 3.63) is 48.0 Å². The van der Waals surface area contributed by atoms with Gasteiger partial charge in [0.1, 0.15) is 5.82 Å². The average Bonchev–Trinajstić information content (AvgIpc) is 3.10. The molecule has 0 unspecified atom stereocenters. The van der Waals surface area contributed by atoms with E-state index in [4.69, 9.17) is 4.74 Å². The Bertz CT molecular complexity index is 708. The molecule has 0 atom stereocenters. The average molecular weight is 336 g/mol. The molecule has 1 aromatic carbocycles. The van der Waals surface area contributed by atoms with Gasteiger partial charge in [0, 0.05) is 32.0 Å². The SMILES string of the molecule is O=S(=O)(c1ccc(CNCc2ncc[nH]2)cc1)N1CCOCC1. The molecular weight excluding hydrogens is 316 g/mol. The molecule has 0 spiro atoms. The topological polar surface area (TPSA) is 87.3 Å². The Hall–Kier alpha value is -1.74. The van der Waals surface area contributed by atoms with Crippen LogP contribution in [0, 0.1) is 0 Å². The van der Waals surface area contributed by atoms with E-state index in [1.807, 2.05) is 12.1 Å². The van der Waals surface area contributed by atoms with Crippen molar-refractivity contribution < 1.29 is 13.2 Å². The van der Waals surface area contributed by atoms with Crippen molar-refractivity contribution in [2.75, 3.05) is 26.3 Å². The zero-order valence-electron chi connectivity index (χ0n) is 12.7. The monoisotopic (exact) mass is 336 g/mol. The standard InChI is InChI=1S/C15H20N4O3S/c20-23(21,19-7-9-22-10-8-19)14-3-1-13(2-4-14)11-16-12-15-17-5-6-18-15/h1-6,16H,7-12H2,(H,17,18). The number of hydrogen-bond donors (Lipinski definition) is 2. The largest absolute Gasteiger partial charge is 0.379 e. The fourth-order valence-corrected chi connectivity index (χ4v) is 3.84. The van der Waals surface area contributed by atoms with Gasteiger partial charge in [-0.3, -0.25) is 0 Å². The number of hydrogen-bond acceptors (Lipinski definition) is 5. The highest BCUT2D eigenvalue weighted by molar-refractivity contribution is 7.89. The van der Waals surface area contributed by atoms with Crippen molar-refractivity contribution in [3.63, 3.8) is 0 Å². The second-order valence-corrected chi connectivity index (χ2v) is 7.24. The number of nitrogens with one attached hydrogen (secondary N) is 2. The van der Waals surface area contributed by atoms with Crippen LogP contribution >= 0.6 is 0 Å². The highest BCUT2D eigenvalue weighted by atomic mass is 32.2. The van der Waals surface area contributed by atoms with E-state index in [-0.39, 0.29) is 0 Å². The van der Waals surface area contributed by atoms with Crippen LogP contribution in [0.3, 0.4) is 0 Å². The van der Waals surface area contributed by atoms with E-state index < -0.39 is 10.0 Å². The zero-order chi connectivity index (χ0) is 16.1. The third kappa shape index (κ3) is 3.97. The van der Waals surface area contributed by atoms with Crippen molar-refractivity contribution in [2.45, 2.75) is 18.0 Å². The molecule has 2 N–H and O–H groups in total. The molecule has 1 saturated heterocycles. The molecule has 2 heterocycles. The minimum atomic E-state index is -3.42. The molecule has 1 aromatic heterocycles. The summed E-state index contributed by atoms with van der Waals surface area (Å²) < 4.78 is 31.7. The molecule has 1 aliphatic rings. The summed E-state index contributed by atoms with van der Waals surface area (Å²) in [4.78, 5) is 7.48. The number of morpholine rings is 1. The van der Waals surface area contributed by atoms with Crippen LogP contribution in [0.1, 0.15) is 11.4 Å². The van der Waals surface area contributed by atoms with Crippen LogP contribution in [-0.4, -0.2) is 49.0 Å². The van der Waals surface area contributed by atoms with E-state index in [0.29, 0.717) is 44.3 Å². The minimum absolute atomic E-state index is 0.328. The van der Waals surface area contributed by atoms with Crippen molar-refractivity contribution in [1.29, 1.82) is 0 Å². The van der Waals surface area contributed by atoms with Gasteiger partial charge in [0.25, 0.3) is 0 Å². The lowest BCUT2D eigenvalue weighted by atomic mass is 10.2. The lowest BCUT2D eigenvalue weighted by Crippen LogP contribution is -2.40. The molecule has 0 bridgehead atoms. The van der Waals surface area contributed by atoms with Crippen LogP contribution in [0.4, 0.5) is 0 Å². The first kappa shape index (κ1) is 16.1. The first-order chi connectivity index (χ1) is 11.2. The van der Waals surface area contributed by atoms with Crippen molar-refractivity contribution >= 4 is 10.0 Å². The second kappa shape index (κ2) is 7.22. The summed E-state index contributed by atoms with van der Waals surface area (Å²) in [6.45, 7) is 3.02. The van der Waals surface area contributed by atoms with Crippen LogP contribution < -0.4 is 5.32 Å². The molecular formula is C15H20N4O3S. The number of ether oxygens (including phenoxy) is 1. The Labute approximate surface area is 135 Å². The molecule has 124 valence electrons. The van der Waals surface area contributed by atoms with E-state index in [0.717, 1.165) is 11.4 Å². The molecule has 0 saturated carbocycles. The molecule has 3 rings (SSSR count). The third-order valence-electron chi connectivity index (χ3n) is 3.71. The van der Waals surface area contributed by atoms with Crippen LogP contribution in [0.25, 0.3) is 0 Å². The summed E-state index contributed by atoms with van der Waals surface area (Å²) in [7, 11) is -3.42. The molecule has 8 heteroatoms. The van der Waals surface area contributed by atoms with Gasteiger partial charge >= 0.3 is 0 Å². The number of H-pyrrole nitrogens is 1. The maximum Gasteiger partial charge on any atom is 0.243 e. The van der Waals surface area contributed by atoms with Gasteiger partial charge in [0.15, 0.2) is 0 Å². The fourth-order valence-electron chi connectivity index (χ4n) is 2.44. The number of rotatable bonds is 6. The van der Waals surface area contributed by atoms with Crippen molar-refractivity contribution in [3.8, 4) is 0 Å². The molecule has 1 aliphatic heterocycles. The van der Waals surface area contributed by atoms with E-state index >= 15 is 0 Å². The summed E-state index contributed by atoms with van der Waals surface area (Å²) >= 11 is 0. The normalized spacial score (nSPS) is 16.5. The molecule has 7 nitrogen and oxygen atoms in total. The van der Waals surface area contributed by atoms with E-state index in [1.165, 1.54) is 4.31 Å². The Morgan fingerprint density at radius 3 is 2.57 bits per heavy atom. The molecule has 1 fully saturated rings. The predicted octanol–water partition coefficient (Wildman–Crippen LogP) is 0.720. The summed E-state index contributed by atoms with van der Waals surface area (Å²) in [6, 6.07) is 6.99. The second-order valence-electron chi connectivity index (χ2n) is 5.30. The number of nitrogens with zero attached hydrogens (tertiary/aromatic N) is 2. The van der Waals surface area contributed by atoms with Gasteiger partial charge in [-0.05, 0) is 17.7 Å². The molecule has 2 aromatic rings. The maximum atomic E-state index is 12.5. The zero-order valence-corrected chi connectivity index (χ0v) is 13.6. The lowest BCUT2D eigenvalue weighted by molar-refractivity contribution is 0.0730. The lowest BCUT2D eigenvalue weighted by Gasteiger charge is -2.26. The number of benzene rings is 1. The van der Waals surface area contributed by atoms with Gasteiger partial charge in [0.2, 0.25) is 10.0 Å². The van der Waals surface area contributed by atoms with Gasteiger partial charge in [-0.15, -0.1) is 0 Å². The molecule has 0 aliphatic carbocycles. The Morgan fingerprint density at radius 1 is 1.17 bits per heavy atom. The van der Waals surface area contributed by atoms with E-state index in [9.17, 15) is 8.42 Å². The summed E-state index contributed by atoms with van der Waals surface area (Å²) in [5.74, 6) is 0.872. The van der Waals surface area contributed by atoms with Crippen molar-refractivity contribution in [2.24, 2.45) is 0 Å². The van der Waals surface area contributed by atoms with Crippen LogP contribution in [0.2, 0.25) is 0 Å². The van der Waals surface area contributed by atoms with Crippen LogP contribution in [0.15, 0.2) is 41.6 Å². The first-order valence-corrected chi connectivity index (χ1v) is 8.96. The highest BCUT2D eigenvalue weighted by Crippen LogP contribution is 2.17. The quantitative estimate of drug-likeness (QED) is 0.812. The number of imidazole rings is 1. The van der Waals surface area contributed by atoms with Gasteiger partial charge in [0.05, 0.1) is 24.7 Å². The summed E-state index contributed by atoms with van der Waals surface area (Å²) in [5, 5.41) is 3.26. The number of aromatic amines is 1. The summed E-state index contributed by atoms with van der Waals surface area (Å²) in [5.41, 5.74) is 1.03. The fraction of sp³-hybridized carbons (Fsp3) is 0.400.